The Kier molecular flexibility index (Phi) is 5.94. The van der Waals surface area contributed by atoms with Gasteiger partial charge in [0.05, 0.1) is 0 Å². The first-order valence-electron chi connectivity index (χ1n) is 6.79. The van der Waals surface area contributed by atoms with Gasteiger partial charge in [0.15, 0.2) is 0 Å². The van der Waals surface area contributed by atoms with Crippen molar-refractivity contribution in [1.82, 2.24) is 4.98 Å². The van der Waals surface area contributed by atoms with Crippen molar-refractivity contribution >= 4 is 17.4 Å². The van der Waals surface area contributed by atoms with E-state index in [-0.39, 0.29) is 0 Å². The summed E-state index contributed by atoms with van der Waals surface area (Å²) in [6.07, 6.45) is 2.37. The number of rotatable bonds is 6. The molecule has 102 valence electrons. The quantitative estimate of drug-likeness (QED) is 0.703. The second-order valence-corrected chi connectivity index (χ2v) is 5.56. The van der Waals surface area contributed by atoms with Crippen LogP contribution in [-0.4, -0.2) is 18.1 Å². The summed E-state index contributed by atoms with van der Waals surface area (Å²) in [5, 5.41) is 0. The highest BCUT2D eigenvalue weighted by molar-refractivity contribution is 6.17. The number of nitrogens with zero attached hydrogens (tertiary/aromatic N) is 2. The third-order valence-corrected chi connectivity index (χ3v) is 3.67. The lowest BCUT2D eigenvalue weighted by atomic mass is 10.1. The molecule has 0 bridgehead atoms. The minimum absolute atomic E-state index is 0.432. The van der Waals surface area contributed by atoms with Crippen molar-refractivity contribution < 1.29 is 0 Å². The topological polar surface area (TPSA) is 16.1 Å². The molecule has 1 heterocycles. The minimum atomic E-state index is 0.432. The van der Waals surface area contributed by atoms with Gasteiger partial charge in [0, 0.05) is 24.7 Å². The van der Waals surface area contributed by atoms with Crippen molar-refractivity contribution in [3.05, 3.63) is 23.4 Å². The maximum atomic E-state index is 5.97. The van der Waals surface area contributed by atoms with Gasteiger partial charge in [0.1, 0.15) is 5.82 Å². The monoisotopic (exact) mass is 268 g/mol. The summed E-state index contributed by atoms with van der Waals surface area (Å²) in [6, 6.07) is 4.72. The number of aromatic nitrogens is 1. The second-order valence-electron chi connectivity index (χ2n) is 5.30. The summed E-state index contributed by atoms with van der Waals surface area (Å²) < 4.78 is 0. The highest BCUT2D eigenvalue weighted by atomic mass is 35.5. The molecular formula is C15H25ClN2. The van der Waals surface area contributed by atoms with Crippen LogP contribution in [0.4, 0.5) is 5.82 Å². The molecule has 1 rings (SSSR count). The molecule has 0 spiro atoms. The lowest BCUT2D eigenvalue weighted by molar-refractivity contribution is 0.609. The molecule has 1 aromatic heterocycles. The van der Waals surface area contributed by atoms with E-state index in [4.69, 9.17) is 16.6 Å². The van der Waals surface area contributed by atoms with E-state index in [9.17, 15) is 0 Å². The van der Waals surface area contributed by atoms with Crippen LogP contribution in [-0.2, 0) is 5.88 Å². The van der Waals surface area contributed by atoms with Gasteiger partial charge in [0.25, 0.3) is 0 Å². The Hall–Kier alpha value is -0.760. The predicted octanol–water partition coefficient (Wildman–Crippen LogP) is 4.57. The van der Waals surface area contributed by atoms with Gasteiger partial charge in [-0.25, -0.2) is 4.98 Å². The van der Waals surface area contributed by atoms with Gasteiger partial charge >= 0.3 is 0 Å². The largest absolute Gasteiger partial charge is 0.357 e. The number of alkyl halides is 1. The molecule has 0 fully saturated rings. The third kappa shape index (κ3) is 3.88. The van der Waals surface area contributed by atoms with Gasteiger partial charge in [-0.05, 0) is 37.0 Å². The smallest absolute Gasteiger partial charge is 0.129 e. The Morgan fingerprint density at radius 2 is 1.94 bits per heavy atom. The lowest BCUT2D eigenvalue weighted by Gasteiger charge is -2.27. The highest BCUT2D eigenvalue weighted by Gasteiger charge is 2.13. The Bertz CT molecular complexity index is 377. The SMILES string of the molecule is CCCC(C)N(C)c1cc(CCl)cc(C(C)C)n1. The van der Waals surface area contributed by atoms with Crippen LogP contribution in [0, 0.1) is 0 Å². The number of hydrogen-bond donors (Lipinski definition) is 0. The molecule has 1 aromatic rings. The Morgan fingerprint density at radius 3 is 2.44 bits per heavy atom. The molecule has 0 aliphatic carbocycles. The summed E-state index contributed by atoms with van der Waals surface area (Å²) >= 11 is 5.97. The first kappa shape index (κ1) is 15.3. The third-order valence-electron chi connectivity index (χ3n) is 3.37. The normalized spacial score (nSPS) is 12.8. The maximum Gasteiger partial charge on any atom is 0.129 e. The van der Waals surface area contributed by atoms with Crippen molar-refractivity contribution in [3.63, 3.8) is 0 Å². The predicted molar refractivity (Wildman–Crippen MR) is 80.7 cm³/mol. The molecule has 0 aliphatic heterocycles. The molecule has 0 saturated carbocycles. The summed E-state index contributed by atoms with van der Waals surface area (Å²) in [5.74, 6) is 2.02. The number of pyridine rings is 1. The summed E-state index contributed by atoms with van der Waals surface area (Å²) in [4.78, 5) is 7.01. The fourth-order valence-corrected chi connectivity index (χ4v) is 2.14. The van der Waals surface area contributed by atoms with Crippen molar-refractivity contribution in [2.75, 3.05) is 11.9 Å². The van der Waals surface area contributed by atoms with Crippen molar-refractivity contribution in [2.45, 2.75) is 58.4 Å². The average Bonchev–Trinajstić information content (AvgIpc) is 2.37. The second kappa shape index (κ2) is 6.98. The maximum absolute atomic E-state index is 5.97. The van der Waals surface area contributed by atoms with E-state index < -0.39 is 0 Å². The van der Waals surface area contributed by atoms with Gasteiger partial charge in [-0.15, -0.1) is 11.6 Å². The summed E-state index contributed by atoms with van der Waals surface area (Å²) in [7, 11) is 2.12. The van der Waals surface area contributed by atoms with Crippen LogP contribution in [0.2, 0.25) is 0 Å². The fourth-order valence-electron chi connectivity index (χ4n) is 1.99. The van der Waals surface area contributed by atoms with Gasteiger partial charge in [0.2, 0.25) is 0 Å². The molecule has 2 nitrogen and oxygen atoms in total. The summed E-state index contributed by atoms with van der Waals surface area (Å²) in [5.41, 5.74) is 2.28. The van der Waals surface area contributed by atoms with E-state index in [0.29, 0.717) is 17.8 Å². The van der Waals surface area contributed by atoms with E-state index >= 15 is 0 Å². The van der Waals surface area contributed by atoms with Crippen LogP contribution >= 0.6 is 11.6 Å². The van der Waals surface area contributed by atoms with Gasteiger partial charge in [-0.1, -0.05) is 27.2 Å². The molecule has 0 aromatic carbocycles. The molecule has 0 amide bonds. The van der Waals surface area contributed by atoms with Crippen LogP contribution in [0.3, 0.4) is 0 Å². The number of hydrogen-bond acceptors (Lipinski definition) is 2. The molecule has 1 atom stereocenters. The molecule has 0 saturated heterocycles. The minimum Gasteiger partial charge on any atom is -0.357 e. The van der Waals surface area contributed by atoms with E-state index in [1.165, 1.54) is 12.8 Å². The van der Waals surface area contributed by atoms with Crippen LogP contribution < -0.4 is 4.90 Å². The van der Waals surface area contributed by atoms with Crippen molar-refractivity contribution in [1.29, 1.82) is 0 Å². The van der Waals surface area contributed by atoms with Crippen LogP contribution in [0.25, 0.3) is 0 Å². The van der Waals surface area contributed by atoms with Gasteiger partial charge in [-0.3, -0.25) is 0 Å². The molecular weight excluding hydrogens is 244 g/mol. The zero-order valence-corrected chi connectivity index (χ0v) is 13.0. The average molecular weight is 269 g/mol. The van der Waals surface area contributed by atoms with E-state index in [2.05, 4.69) is 51.8 Å². The van der Waals surface area contributed by atoms with E-state index in [1.54, 1.807) is 0 Å². The van der Waals surface area contributed by atoms with Crippen LogP contribution in [0.1, 0.15) is 57.7 Å². The van der Waals surface area contributed by atoms with Gasteiger partial charge < -0.3 is 4.90 Å². The molecule has 0 aliphatic rings. The fraction of sp³-hybridized carbons (Fsp3) is 0.667. The number of anilines is 1. The van der Waals surface area contributed by atoms with Crippen LogP contribution in [0.15, 0.2) is 12.1 Å². The first-order chi connectivity index (χ1) is 8.49. The van der Waals surface area contributed by atoms with E-state index in [0.717, 1.165) is 17.1 Å². The Labute approximate surface area is 116 Å². The number of halogens is 1. The van der Waals surface area contributed by atoms with E-state index in [1.807, 2.05) is 0 Å². The molecule has 0 radical (unpaired) electrons. The highest BCUT2D eigenvalue weighted by Crippen LogP contribution is 2.22. The first-order valence-corrected chi connectivity index (χ1v) is 7.32. The molecule has 18 heavy (non-hydrogen) atoms. The molecule has 1 unspecified atom stereocenters. The molecule has 3 heteroatoms. The Balaban J connectivity index is 3.03. The van der Waals surface area contributed by atoms with Gasteiger partial charge in [-0.2, -0.15) is 0 Å². The van der Waals surface area contributed by atoms with Crippen molar-refractivity contribution in [2.24, 2.45) is 0 Å². The zero-order chi connectivity index (χ0) is 13.7. The Morgan fingerprint density at radius 1 is 1.28 bits per heavy atom. The molecule has 0 N–H and O–H groups in total. The standard InChI is InChI=1S/C15H25ClN2/c1-6-7-12(4)18(5)15-9-13(10-16)8-14(17-15)11(2)3/h8-9,11-12H,6-7,10H2,1-5H3. The van der Waals surface area contributed by atoms with Crippen molar-refractivity contribution in [3.8, 4) is 0 Å². The zero-order valence-electron chi connectivity index (χ0n) is 12.2. The lowest BCUT2D eigenvalue weighted by Crippen LogP contribution is -2.29. The summed E-state index contributed by atoms with van der Waals surface area (Å²) in [6.45, 7) is 8.79. The van der Waals surface area contributed by atoms with Crippen LogP contribution in [0.5, 0.6) is 0 Å².